The number of rotatable bonds is 5. The molecule has 1 unspecified atom stereocenters. The summed E-state index contributed by atoms with van der Waals surface area (Å²) in [6.07, 6.45) is 3.50. The van der Waals surface area contributed by atoms with Gasteiger partial charge in [0.15, 0.2) is 11.6 Å². The lowest BCUT2D eigenvalue weighted by molar-refractivity contribution is 0.113. The second kappa shape index (κ2) is 6.79. The maximum atomic E-state index is 13.3. The number of hydrogen-bond acceptors (Lipinski definition) is 1. The van der Waals surface area contributed by atoms with E-state index in [1.54, 1.807) is 0 Å². The second-order valence-corrected chi connectivity index (χ2v) is 6.54. The molecule has 0 amide bonds. The molecule has 122 valence electrons. The predicted molar refractivity (Wildman–Crippen MR) is 87.4 cm³/mol. The Morgan fingerprint density at radius 3 is 2.04 bits per heavy atom. The largest absolute Gasteiger partial charge is 0.392 e. The first-order valence-electron chi connectivity index (χ1n) is 8.29. The molecule has 0 aliphatic heterocycles. The Kier molecular flexibility index (Phi) is 4.76. The highest BCUT2D eigenvalue weighted by atomic mass is 19.2. The molecule has 1 N–H and O–H groups in total. The molecule has 0 aromatic heterocycles. The van der Waals surface area contributed by atoms with Crippen LogP contribution >= 0.6 is 0 Å². The Morgan fingerprint density at radius 2 is 1.52 bits per heavy atom. The van der Waals surface area contributed by atoms with Gasteiger partial charge < -0.3 is 5.11 Å². The van der Waals surface area contributed by atoms with Gasteiger partial charge in [-0.25, -0.2) is 8.78 Å². The number of benzene rings is 2. The second-order valence-electron chi connectivity index (χ2n) is 6.54. The molecular weight excluding hydrogens is 294 g/mol. The highest BCUT2D eigenvalue weighted by molar-refractivity contribution is 5.34. The molecule has 1 nitrogen and oxygen atoms in total. The van der Waals surface area contributed by atoms with E-state index in [0.717, 1.165) is 29.5 Å². The minimum absolute atomic E-state index is 0.0292. The molecule has 0 bridgehead atoms. The van der Waals surface area contributed by atoms with Gasteiger partial charge in [0.25, 0.3) is 0 Å². The Bertz CT molecular complexity index is 648. The van der Waals surface area contributed by atoms with Crippen LogP contribution in [0.15, 0.2) is 36.4 Å². The van der Waals surface area contributed by atoms with E-state index in [-0.39, 0.29) is 5.92 Å². The third kappa shape index (κ3) is 3.61. The van der Waals surface area contributed by atoms with Crippen molar-refractivity contribution in [3.05, 3.63) is 70.3 Å². The summed E-state index contributed by atoms with van der Waals surface area (Å²) in [7, 11) is 0. The molecule has 2 aromatic carbocycles. The molecule has 1 aliphatic carbocycles. The quantitative estimate of drug-likeness (QED) is 0.875. The third-order valence-corrected chi connectivity index (χ3v) is 4.76. The average molecular weight is 316 g/mol. The summed E-state index contributed by atoms with van der Waals surface area (Å²) >= 11 is 0. The standard InChI is InChI=1S/C20H22F2O/c1-2-3-13-4-6-14(7-5-13)8-20(23)17-9-15-11-18(21)19(22)12-16(15)10-17/h4-7,11-12,17,20,23H,2-3,8-10H2,1H3. The fourth-order valence-electron chi connectivity index (χ4n) is 3.46. The Balaban J connectivity index is 1.64. The van der Waals surface area contributed by atoms with Crippen LogP contribution in [-0.4, -0.2) is 11.2 Å². The zero-order valence-corrected chi connectivity index (χ0v) is 13.4. The van der Waals surface area contributed by atoms with Gasteiger partial charge in [0.05, 0.1) is 6.10 Å². The summed E-state index contributed by atoms with van der Waals surface area (Å²) in [6.45, 7) is 2.15. The Labute approximate surface area is 136 Å². The smallest absolute Gasteiger partial charge is 0.159 e. The van der Waals surface area contributed by atoms with Crippen molar-refractivity contribution in [1.82, 2.24) is 0 Å². The molecule has 1 aliphatic rings. The van der Waals surface area contributed by atoms with Crippen LogP contribution in [0.25, 0.3) is 0 Å². The zero-order chi connectivity index (χ0) is 16.4. The van der Waals surface area contributed by atoms with E-state index in [9.17, 15) is 13.9 Å². The van der Waals surface area contributed by atoms with E-state index < -0.39 is 17.7 Å². The number of halogens is 2. The van der Waals surface area contributed by atoms with Crippen molar-refractivity contribution in [3.8, 4) is 0 Å². The molecule has 0 radical (unpaired) electrons. The van der Waals surface area contributed by atoms with Gasteiger partial charge in [-0.15, -0.1) is 0 Å². The lowest BCUT2D eigenvalue weighted by Crippen LogP contribution is -2.23. The Morgan fingerprint density at radius 1 is 1.00 bits per heavy atom. The van der Waals surface area contributed by atoms with Gasteiger partial charge in [-0.3, -0.25) is 0 Å². The zero-order valence-electron chi connectivity index (χ0n) is 13.4. The highest BCUT2D eigenvalue weighted by Gasteiger charge is 2.28. The summed E-state index contributed by atoms with van der Waals surface area (Å²) < 4.78 is 26.6. The minimum atomic E-state index is -0.801. The van der Waals surface area contributed by atoms with Crippen LogP contribution < -0.4 is 0 Å². The number of aryl methyl sites for hydroxylation is 1. The minimum Gasteiger partial charge on any atom is -0.392 e. The van der Waals surface area contributed by atoms with Crippen molar-refractivity contribution in [3.63, 3.8) is 0 Å². The summed E-state index contributed by atoms with van der Waals surface area (Å²) in [6, 6.07) is 10.9. The van der Waals surface area contributed by atoms with Gasteiger partial charge in [0, 0.05) is 0 Å². The van der Waals surface area contributed by atoms with Crippen molar-refractivity contribution >= 4 is 0 Å². The maximum absolute atomic E-state index is 13.3. The molecule has 1 atom stereocenters. The van der Waals surface area contributed by atoms with Gasteiger partial charge in [0.2, 0.25) is 0 Å². The monoisotopic (exact) mass is 316 g/mol. The molecule has 0 heterocycles. The lowest BCUT2D eigenvalue weighted by atomic mass is 9.93. The fraction of sp³-hybridized carbons (Fsp3) is 0.400. The van der Waals surface area contributed by atoms with Crippen LogP contribution in [0.3, 0.4) is 0 Å². The fourth-order valence-corrected chi connectivity index (χ4v) is 3.46. The lowest BCUT2D eigenvalue weighted by Gasteiger charge is -2.18. The van der Waals surface area contributed by atoms with Crippen LogP contribution in [0.1, 0.15) is 35.6 Å². The maximum Gasteiger partial charge on any atom is 0.159 e. The first kappa shape index (κ1) is 16.1. The van der Waals surface area contributed by atoms with Gasteiger partial charge in [0.1, 0.15) is 0 Å². The van der Waals surface area contributed by atoms with Crippen LogP contribution in [-0.2, 0) is 25.7 Å². The normalized spacial score (nSPS) is 15.7. The summed E-state index contributed by atoms with van der Waals surface area (Å²) in [4.78, 5) is 0. The summed E-state index contributed by atoms with van der Waals surface area (Å²) in [5, 5.41) is 10.5. The third-order valence-electron chi connectivity index (χ3n) is 4.76. The van der Waals surface area contributed by atoms with Gasteiger partial charge in [-0.2, -0.15) is 0 Å². The van der Waals surface area contributed by atoms with Crippen molar-refractivity contribution < 1.29 is 13.9 Å². The van der Waals surface area contributed by atoms with Crippen molar-refractivity contribution in [2.75, 3.05) is 0 Å². The number of hydrogen-bond donors (Lipinski definition) is 1. The number of aliphatic hydroxyl groups excluding tert-OH is 1. The highest BCUT2D eigenvalue weighted by Crippen LogP contribution is 2.31. The van der Waals surface area contributed by atoms with Crippen LogP contribution in [0.2, 0.25) is 0 Å². The van der Waals surface area contributed by atoms with Crippen molar-refractivity contribution in [2.45, 2.75) is 45.1 Å². The molecule has 0 fully saturated rings. The summed E-state index contributed by atoms with van der Waals surface area (Å²) in [5.74, 6) is -1.57. The molecule has 0 spiro atoms. The molecule has 23 heavy (non-hydrogen) atoms. The average Bonchev–Trinajstić information content (AvgIpc) is 2.93. The SMILES string of the molecule is CCCc1ccc(CC(O)C2Cc3cc(F)c(F)cc3C2)cc1. The first-order chi connectivity index (χ1) is 11.1. The van der Waals surface area contributed by atoms with Gasteiger partial charge in [-0.05, 0) is 66.0 Å². The van der Waals surface area contributed by atoms with Crippen molar-refractivity contribution in [1.29, 1.82) is 0 Å². The van der Waals surface area contributed by atoms with Crippen LogP contribution in [0.5, 0.6) is 0 Å². The summed E-state index contributed by atoms with van der Waals surface area (Å²) in [5.41, 5.74) is 4.06. The van der Waals surface area contributed by atoms with Gasteiger partial charge >= 0.3 is 0 Å². The van der Waals surface area contributed by atoms with E-state index in [4.69, 9.17) is 0 Å². The van der Waals surface area contributed by atoms with E-state index in [0.29, 0.717) is 19.3 Å². The first-order valence-corrected chi connectivity index (χ1v) is 8.29. The van der Waals surface area contributed by atoms with E-state index in [1.807, 2.05) is 0 Å². The topological polar surface area (TPSA) is 20.2 Å². The molecule has 3 heteroatoms. The predicted octanol–water partition coefficient (Wildman–Crippen LogP) is 4.24. The Hall–Kier alpha value is -1.74. The van der Waals surface area contributed by atoms with Crippen LogP contribution in [0, 0.1) is 17.6 Å². The van der Waals surface area contributed by atoms with E-state index in [2.05, 4.69) is 31.2 Å². The molecule has 0 saturated carbocycles. The molecule has 0 saturated heterocycles. The molecule has 2 aromatic rings. The van der Waals surface area contributed by atoms with Gasteiger partial charge in [-0.1, -0.05) is 37.6 Å². The van der Waals surface area contributed by atoms with E-state index in [1.165, 1.54) is 17.7 Å². The number of fused-ring (bicyclic) bond motifs is 1. The number of aliphatic hydroxyl groups is 1. The van der Waals surface area contributed by atoms with Crippen LogP contribution in [0.4, 0.5) is 8.78 Å². The molecular formula is C20H22F2O. The van der Waals surface area contributed by atoms with Crippen molar-refractivity contribution in [2.24, 2.45) is 5.92 Å². The molecule has 3 rings (SSSR count). The van der Waals surface area contributed by atoms with E-state index >= 15 is 0 Å².